The molecule has 0 saturated carbocycles. The summed E-state index contributed by atoms with van der Waals surface area (Å²) in [5.41, 5.74) is 0.0983. The van der Waals surface area contributed by atoms with E-state index in [0.717, 1.165) is 22.7 Å². The van der Waals surface area contributed by atoms with Crippen LogP contribution >= 0.6 is 24.0 Å². The second-order valence-electron chi connectivity index (χ2n) is 4.03. The molecule has 9 heteroatoms. The number of hydrogen-bond donors (Lipinski definition) is 4. The zero-order valence-corrected chi connectivity index (χ0v) is 11.9. The maximum Gasteiger partial charge on any atom is 0.323 e. The predicted octanol–water partition coefficient (Wildman–Crippen LogP) is 1.09. The smallest absolute Gasteiger partial charge is 0.323 e. The first-order valence-corrected chi connectivity index (χ1v) is 6.74. The average Bonchev–Trinajstić information content (AvgIpc) is 2.67. The molecule has 2 rings (SSSR count). The normalized spacial score (nSPS) is 16.8. The van der Waals surface area contributed by atoms with Crippen molar-refractivity contribution in [2.75, 3.05) is 6.54 Å². The third-order valence-corrected chi connectivity index (χ3v) is 3.99. The van der Waals surface area contributed by atoms with Gasteiger partial charge in [0.25, 0.3) is 5.91 Å². The van der Waals surface area contributed by atoms with Crippen LogP contribution in [0.4, 0.5) is 0 Å². The lowest BCUT2D eigenvalue weighted by Gasteiger charge is -2.10. The van der Waals surface area contributed by atoms with Crippen LogP contribution in [0, 0.1) is 0 Å². The number of aromatic hydroxyl groups is 3. The highest BCUT2D eigenvalue weighted by Gasteiger charge is 2.33. The Morgan fingerprint density at radius 2 is 1.95 bits per heavy atom. The summed E-state index contributed by atoms with van der Waals surface area (Å²) in [6.45, 7) is -0.547. The second kappa shape index (κ2) is 5.62. The number of carboxylic acids is 1. The highest BCUT2D eigenvalue weighted by molar-refractivity contribution is 8.26. The molecule has 1 aromatic carbocycles. The highest BCUT2D eigenvalue weighted by Crippen LogP contribution is 2.40. The maximum atomic E-state index is 12.0. The zero-order valence-electron chi connectivity index (χ0n) is 10.3. The Morgan fingerprint density at radius 3 is 2.57 bits per heavy atom. The van der Waals surface area contributed by atoms with Gasteiger partial charge in [-0.2, -0.15) is 0 Å². The summed E-state index contributed by atoms with van der Waals surface area (Å²) in [5, 5.41) is 37.0. The van der Waals surface area contributed by atoms with Crippen LogP contribution in [0.25, 0.3) is 6.08 Å². The molecule has 0 bridgehead atoms. The number of nitrogens with zero attached hydrogens (tertiary/aromatic N) is 1. The molecule has 4 N–H and O–H groups in total. The highest BCUT2D eigenvalue weighted by atomic mass is 32.2. The molecule has 0 spiro atoms. The molecule has 0 radical (unpaired) electrons. The number of hydrogen-bond acceptors (Lipinski definition) is 7. The number of benzene rings is 1. The number of amides is 1. The van der Waals surface area contributed by atoms with Gasteiger partial charge in [0.05, 0.1) is 4.91 Å². The number of aliphatic carboxylic acids is 1. The number of phenolic OH excluding ortho intramolecular Hbond substituents is 3. The standard InChI is InChI=1S/C12H9NO6S2/c14-6-2-1-5(9(17)10(6)18)3-7-11(19)13(4-8(15)16)12(20)21-7/h1-3,14,17-18H,4H2,(H,15,16). The van der Waals surface area contributed by atoms with E-state index in [1.54, 1.807) is 0 Å². The molecule has 7 nitrogen and oxygen atoms in total. The van der Waals surface area contributed by atoms with Crippen LogP contribution in [0.1, 0.15) is 5.56 Å². The quantitative estimate of drug-likeness (QED) is 0.370. The molecule has 0 unspecified atom stereocenters. The third-order valence-electron chi connectivity index (χ3n) is 2.61. The number of thioether (sulfide) groups is 1. The minimum atomic E-state index is -1.20. The Kier molecular flexibility index (Phi) is 4.05. The number of phenols is 3. The summed E-state index contributed by atoms with van der Waals surface area (Å²) in [5.74, 6) is -3.58. The van der Waals surface area contributed by atoms with Crippen molar-refractivity contribution in [1.82, 2.24) is 4.90 Å². The first-order valence-electron chi connectivity index (χ1n) is 5.52. The van der Waals surface area contributed by atoms with Crippen LogP contribution < -0.4 is 0 Å². The van der Waals surface area contributed by atoms with Crippen LogP contribution in [0.3, 0.4) is 0 Å². The minimum absolute atomic E-state index is 0.0936. The zero-order chi connectivity index (χ0) is 15.7. The average molecular weight is 327 g/mol. The van der Waals surface area contributed by atoms with Gasteiger partial charge >= 0.3 is 5.97 Å². The Hall–Kier alpha value is -2.26. The van der Waals surface area contributed by atoms with Crippen LogP contribution in [-0.4, -0.2) is 48.1 Å². The van der Waals surface area contributed by atoms with Gasteiger partial charge in [-0.15, -0.1) is 0 Å². The predicted molar refractivity (Wildman–Crippen MR) is 79.0 cm³/mol. The van der Waals surface area contributed by atoms with Crippen molar-refractivity contribution in [1.29, 1.82) is 0 Å². The molecule has 1 aliphatic rings. The summed E-state index contributed by atoms with van der Waals surface area (Å²) >= 11 is 5.81. The van der Waals surface area contributed by atoms with Gasteiger partial charge in [0.2, 0.25) is 5.75 Å². The fourth-order valence-corrected chi connectivity index (χ4v) is 2.86. The van der Waals surface area contributed by atoms with Crippen molar-refractivity contribution < 1.29 is 30.0 Å². The molecule has 1 fully saturated rings. The van der Waals surface area contributed by atoms with Gasteiger partial charge in [-0.1, -0.05) is 24.0 Å². The first-order chi connectivity index (χ1) is 9.81. The van der Waals surface area contributed by atoms with Crippen LogP contribution in [-0.2, 0) is 9.59 Å². The van der Waals surface area contributed by atoms with Gasteiger partial charge in [-0.05, 0) is 18.2 Å². The second-order valence-corrected chi connectivity index (χ2v) is 5.71. The SMILES string of the molecule is O=C(O)CN1C(=O)C(=Cc2ccc(O)c(O)c2O)SC1=S. The van der Waals surface area contributed by atoms with Crippen molar-refractivity contribution in [2.45, 2.75) is 0 Å². The Morgan fingerprint density at radius 1 is 1.29 bits per heavy atom. The molecule has 110 valence electrons. The van der Waals surface area contributed by atoms with Gasteiger partial charge in [-0.3, -0.25) is 14.5 Å². The van der Waals surface area contributed by atoms with E-state index in [1.165, 1.54) is 12.1 Å². The summed E-state index contributed by atoms with van der Waals surface area (Å²) in [6.07, 6.45) is 1.26. The number of carboxylic acid groups (broad SMARTS) is 1. The van der Waals surface area contributed by atoms with Crippen molar-refractivity contribution in [3.63, 3.8) is 0 Å². The molecule has 1 amide bonds. The van der Waals surface area contributed by atoms with E-state index in [9.17, 15) is 24.9 Å². The Labute approximate surface area is 128 Å². The van der Waals surface area contributed by atoms with Gasteiger partial charge in [0.15, 0.2) is 11.5 Å². The monoisotopic (exact) mass is 327 g/mol. The van der Waals surface area contributed by atoms with Gasteiger partial charge in [0, 0.05) is 5.56 Å². The Bertz CT molecular complexity index is 685. The topological polar surface area (TPSA) is 118 Å². The molecule has 21 heavy (non-hydrogen) atoms. The number of carbonyl (C=O) groups excluding carboxylic acids is 1. The third kappa shape index (κ3) is 2.93. The lowest BCUT2D eigenvalue weighted by Crippen LogP contribution is -2.33. The van der Waals surface area contributed by atoms with E-state index in [4.69, 9.17) is 17.3 Å². The number of rotatable bonds is 3. The fourth-order valence-electron chi connectivity index (χ4n) is 1.61. The molecule has 1 heterocycles. The first kappa shape index (κ1) is 15.1. The molecule has 0 aromatic heterocycles. The van der Waals surface area contributed by atoms with E-state index in [1.807, 2.05) is 0 Å². The van der Waals surface area contributed by atoms with Crippen molar-refractivity contribution in [2.24, 2.45) is 0 Å². The van der Waals surface area contributed by atoms with E-state index in [0.29, 0.717) is 0 Å². The van der Waals surface area contributed by atoms with E-state index < -0.39 is 35.7 Å². The van der Waals surface area contributed by atoms with Crippen molar-refractivity contribution in [3.05, 3.63) is 22.6 Å². The van der Waals surface area contributed by atoms with Crippen LogP contribution in [0.5, 0.6) is 17.2 Å². The lowest BCUT2D eigenvalue weighted by atomic mass is 10.1. The molecule has 1 aliphatic heterocycles. The van der Waals surface area contributed by atoms with Crippen molar-refractivity contribution in [3.8, 4) is 17.2 Å². The molecule has 0 aliphatic carbocycles. The molecule has 0 atom stereocenters. The van der Waals surface area contributed by atoms with E-state index in [2.05, 4.69) is 0 Å². The van der Waals surface area contributed by atoms with Crippen molar-refractivity contribution >= 4 is 46.3 Å². The molecule has 1 saturated heterocycles. The van der Waals surface area contributed by atoms with Gasteiger partial charge in [-0.25, -0.2) is 0 Å². The molecule has 1 aromatic rings. The summed E-state index contributed by atoms with van der Waals surface area (Å²) < 4.78 is 0.0936. The van der Waals surface area contributed by atoms with E-state index >= 15 is 0 Å². The summed E-state index contributed by atoms with van der Waals surface area (Å²) in [6, 6.07) is 2.45. The molecular weight excluding hydrogens is 318 g/mol. The largest absolute Gasteiger partial charge is 0.504 e. The van der Waals surface area contributed by atoms with E-state index in [-0.39, 0.29) is 14.8 Å². The lowest BCUT2D eigenvalue weighted by molar-refractivity contribution is -0.140. The van der Waals surface area contributed by atoms with Gasteiger partial charge in [0.1, 0.15) is 10.9 Å². The number of carbonyl (C=O) groups is 2. The summed E-state index contributed by atoms with van der Waals surface area (Å²) in [7, 11) is 0. The Balaban J connectivity index is 2.35. The summed E-state index contributed by atoms with van der Waals surface area (Å²) in [4.78, 5) is 23.7. The minimum Gasteiger partial charge on any atom is -0.504 e. The fraction of sp³-hybridized carbons (Fsp3) is 0.0833. The van der Waals surface area contributed by atoms with Crippen LogP contribution in [0.15, 0.2) is 17.0 Å². The van der Waals surface area contributed by atoms with Gasteiger partial charge < -0.3 is 20.4 Å². The maximum absolute atomic E-state index is 12.0. The molecular formula is C12H9NO6S2. The number of thiocarbonyl (C=S) groups is 1. The van der Waals surface area contributed by atoms with Crippen LogP contribution in [0.2, 0.25) is 0 Å².